The smallest absolute Gasteiger partial charge is 0.0165 e. The minimum atomic E-state index is 0.760. The van der Waals surface area contributed by atoms with Crippen LogP contribution in [0, 0.1) is 0 Å². The predicted molar refractivity (Wildman–Crippen MR) is 82.3 cm³/mol. The van der Waals surface area contributed by atoms with Crippen molar-refractivity contribution in [1.29, 1.82) is 0 Å². The highest BCUT2D eigenvalue weighted by Gasteiger charge is 2.11. The summed E-state index contributed by atoms with van der Waals surface area (Å²) in [4.78, 5) is 0. The SMILES string of the molecule is CCCC(CC)c1ccc(C(CC)CCC)cc1. The summed E-state index contributed by atoms with van der Waals surface area (Å²) >= 11 is 0. The van der Waals surface area contributed by atoms with Crippen molar-refractivity contribution in [3.8, 4) is 0 Å². The monoisotopic (exact) mass is 246 g/mol. The van der Waals surface area contributed by atoms with E-state index in [1.165, 1.54) is 49.7 Å². The first-order valence-electron chi connectivity index (χ1n) is 7.86. The summed E-state index contributed by atoms with van der Waals surface area (Å²) in [5.74, 6) is 1.52. The molecule has 0 heteroatoms. The maximum Gasteiger partial charge on any atom is -0.0165 e. The minimum Gasteiger partial charge on any atom is -0.0654 e. The lowest BCUT2D eigenvalue weighted by molar-refractivity contribution is 0.587. The van der Waals surface area contributed by atoms with Gasteiger partial charge in [-0.1, -0.05) is 64.8 Å². The second-order valence-corrected chi connectivity index (χ2v) is 5.45. The van der Waals surface area contributed by atoms with Gasteiger partial charge in [0.25, 0.3) is 0 Å². The molecule has 18 heavy (non-hydrogen) atoms. The summed E-state index contributed by atoms with van der Waals surface area (Å²) in [5, 5.41) is 0. The first kappa shape index (κ1) is 15.3. The van der Waals surface area contributed by atoms with Crippen LogP contribution in [0.15, 0.2) is 24.3 Å². The Labute approximate surface area is 114 Å². The molecule has 0 aliphatic heterocycles. The van der Waals surface area contributed by atoms with Crippen LogP contribution in [0.1, 0.15) is 89.2 Å². The van der Waals surface area contributed by atoms with Crippen molar-refractivity contribution in [2.75, 3.05) is 0 Å². The lowest BCUT2D eigenvalue weighted by Crippen LogP contribution is -2.00. The van der Waals surface area contributed by atoms with Crippen molar-refractivity contribution < 1.29 is 0 Å². The van der Waals surface area contributed by atoms with E-state index < -0.39 is 0 Å². The van der Waals surface area contributed by atoms with Crippen LogP contribution in [-0.2, 0) is 0 Å². The molecular formula is C18H30. The van der Waals surface area contributed by atoms with Crippen LogP contribution in [0.4, 0.5) is 0 Å². The van der Waals surface area contributed by atoms with E-state index in [2.05, 4.69) is 52.0 Å². The standard InChI is InChI=1S/C18H30/c1-5-9-15(7-3)17-11-13-18(14-12-17)16(8-4)10-6-2/h11-16H,5-10H2,1-4H3. The molecule has 1 aromatic rings. The van der Waals surface area contributed by atoms with E-state index in [-0.39, 0.29) is 0 Å². The van der Waals surface area contributed by atoms with E-state index in [0.717, 1.165) is 11.8 Å². The van der Waals surface area contributed by atoms with Crippen molar-refractivity contribution >= 4 is 0 Å². The molecule has 1 aromatic carbocycles. The summed E-state index contributed by atoms with van der Waals surface area (Å²) < 4.78 is 0. The Morgan fingerprint density at radius 1 is 0.667 bits per heavy atom. The van der Waals surface area contributed by atoms with Crippen LogP contribution in [0.5, 0.6) is 0 Å². The van der Waals surface area contributed by atoms with E-state index in [1.807, 2.05) is 0 Å². The van der Waals surface area contributed by atoms with Crippen LogP contribution < -0.4 is 0 Å². The van der Waals surface area contributed by atoms with Crippen LogP contribution in [-0.4, -0.2) is 0 Å². The van der Waals surface area contributed by atoms with Crippen LogP contribution >= 0.6 is 0 Å². The van der Waals surface area contributed by atoms with Gasteiger partial charge in [-0.25, -0.2) is 0 Å². The molecule has 0 fully saturated rings. The van der Waals surface area contributed by atoms with Crippen molar-refractivity contribution in [3.05, 3.63) is 35.4 Å². The molecule has 0 aliphatic rings. The fourth-order valence-corrected chi connectivity index (χ4v) is 2.95. The molecule has 0 aliphatic carbocycles. The molecule has 0 saturated carbocycles. The average Bonchev–Trinajstić information content (AvgIpc) is 2.42. The molecule has 0 N–H and O–H groups in total. The topological polar surface area (TPSA) is 0 Å². The third-order valence-electron chi connectivity index (χ3n) is 4.14. The molecule has 0 bridgehead atoms. The van der Waals surface area contributed by atoms with Gasteiger partial charge in [0.2, 0.25) is 0 Å². The summed E-state index contributed by atoms with van der Waals surface area (Å²) in [6.07, 6.45) is 7.74. The molecular weight excluding hydrogens is 216 g/mol. The maximum absolute atomic E-state index is 2.37. The van der Waals surface area contributed by atoms with E-state index in [0.29, 0.717) is 0 Å². The van der Waals surface area contributed by atoms with E-state index >= 15 is 0 Å². The van der Waals surface area contributed by atoms with Gasteiger partial charge in [-0.3, -0.25) is 0 Å². The largest absolute Gasteiger partial charge is 0.0654 e. The Kier molecular flexibility index (Phi) is 7.08. The average molecular weight is 246 g/mol. The highest BCUT2D eigenvalue weighted by Crippen LogP contribution is 2.29. The Balaban J connectivity index is 2.77. The number of rotatable bonds is 8. The van der Waals surface area contributed by atoms with E-state index in [1.54, 1.807) is 0 Å². The molecule has 1 rings (SSSR count). The summed E-state index contributed by atoms with van der Waals surface area (Å²) in [7, 11) is 0. The van der Waals surface area contributed by atoms with Gasteiger partial charge in [0.05, 0.1) is 0 Å². The van der Waals surface area contributed by atoms with Crippen LogP contribution in [0.3, 0.4) is 0 Å². The van der Waals surface area contributed by atoms with Gasteiger partial charge in [-0.15, -0.1) is 0 Å². The lowest BCUT2D eigenvalue weighted by atomic mass is 9.88. The first-order chi connectivity index (χ1) is 8.76. The summed E-state index contributed by atoms with van der Waals surface area (Å²) in [5.41, 5.74) is 3.07. The Morgan fingerprint density at radius 2 is 1.00 bits per heavy atom. The number of benzene rings is 1. The van der Waals surface area contributed by atoms with E-state index in [9.17, 15) is 0 Å². The fourth-order valence-electron chi connectivity index (χ4n) is 2.95. The molecule has 0 nitrogen and oxygen atoms in total. The first-order valence-corrected chi connectivity index (χ1v) is 7.86. The zero-order chi connectivity index (χ0) is 13.4. The van der Waals surface area contributed by atoms with Crippen molar-refractivity contribution in [2.24, 2.45) is 0 Å². The van der Waals surface area contributed by atoms with Gasteiger partial charge in [0.1, 0.15) is 0 Å². The normalized spacial score (nSPS) is 14.4. The quantitative estimate of drug-likeness (QED) is 0.507. The third-order valence-corrected chi connectivity index (χ3v) is 4.14. The van der Waals surface area contributed by atoms with E-state index in [4.69, 9.17) is 0 Å². The van der Waals surface area contributed by atoms with Gasteiger partial charge >= 0.3 is 0 Å². The molecule has 102 valence electrons. The number of hydrogen-bond donors (Lipinski definition) is 0. The minimum absolute atomic E-state index is 0.760. The molecule has 2 unspecified atom stereocenters. The van der Waals surface area contributed by atoms with Crippen molar-refractivity contribution in [1.82, 2.24) is 0 Å². The second kappa shape index (κ2) is 8.34. The third kappa shape index (κ3) is 4.15. The number of hydrogen-bond acceptors (Lipinski definition) is 0. The predicted octanol–water partition coefficient (Wildman–Crippen LogP) is 6.27. The van der Waals surface area contributed by atoms with Crippen molar-refractivity contribution in [2.45, 2.75) is 78.1 Å². The zero-order valence-corrected chi connectivity index (χ0v) is 12.7. The Morgan fingerprint density at radius 3 is 1.22 bits per heavy atom. The molecule has 0 saturated heterocycles. The summed E-state index contributed by atoms with van der Waals surface area (Å²) in [6, 6.07) is 9.49. The molecule has 0 aromatic heterocycles. The van der Waals surface area contributed by atoms with Gasteiger partial charge in [-0.2, -0.15) is 0 Å². The lowest BCUT2D eigenvalue weighted by Gasteiger charge is -2.18. The van der Waals surface area contributed by atoms with Gasteiger partial charge in [-0.05, 0) is 48.6 Å². The van der Waals surface area contributed by atoms with Crippen LogP contribution in [0.25, 0.3) is 0 Å². The van der Waals surface area contributed by atoms with Gasteiger partial charge in [0, 0.05) is 0 Å². The van der Waals surface area contributed by atoms with Gasteiger partial charge < -0.3 is 0 Å². The summed E-state index contributed by atoms with van der Waals surface area (Å²) in [6.45, 7) is 9.18. The highest BCUT2D eigenvalue weighted by molar-refractivity contribution is 5.27. The Bertz CT molecular complexity index is 276. The zero-order valence-electron chi connectivity index (χ0n) is 12.7. The van der Waals surface area contributed by atoms with Crippen LogP contribution in [0.2, 0.25) is 0 Å². The van der Waals surface area contributed by atoms with Gasteiger partial charge in [0.15, 0.2) is 0 Å². The molecule has 0 spiro atoms. The molecule has 2 atom stereocenters. The maximum atomic E-state index is 2.37. The molecule has 0 amide bonds. The molecule has 0 radical (unpaired) electrons. The Hall–Kier alpha value is -0.780. The highest BCUT2D eigenvalue weighted by atomic mass is 14.2. The molecule has 0 heterocycles. The van der Waals surface area contributed by atoms with Crippen molar-refractivity contribution in [3.63, 3.8) is 0 Å². The second-order valence-electron chi connectivity index (χ2n) is 5.45. The fraction of sp³-hybridized carbons (Fsp3) is 0.667.